The van der Waals surface area contributed by atoms with Crippen molar-refractivity contribution in [1.29, 1.82) is 0 Å². The molecule has 1 aliphatic rings. The molecular formula is C14H20N2O. The maximum Gasteiger partial charge on any atom is 0.223 e. The van der Waals surface area contributed by atoms with Gasteiger partial charge in [0.15, 0.2) is 0 Å². The van der Waals surface area contributed by atoms with Gasteiger partial charge in [0.1, 0.15) is 0 Å². The van der Waals surface area contributed by atoms with Crippen molar-refractivity contribution >= 4 is 5.91 Å². The zero-order valence-electron chi connectivity index (χ0n) is 10.8. The van der Waals surface area contributed by atoms with Crippen LogP contribution in [0.15, 0.2) is 24.3 Å². The predicted molar refractivity (Wildman–Crippen MR) is 68.8 cm³/mol. The van der Waals surface area contributed by atoms with Gasteiger partial charge in [0, 0.05) is 33.1 Å². The molecule has 0 spiro atoms. The van der Waals surface area contributed by atoms with Gasteiger partial charge in [-0.25, -0.2) is 0 Å². The van der Waals surface area contributed by atoms with Crippen molar-refractivity contribution < 1.29 is 4.79 Å². The number of hydrogen-bond donors (Lipinski definition) is 0. The quantitative estimate of drug-likeness (QED) is 0.774. The molecule has 17 heavy (non-hydrogen) atoms. The van der Waals surface area contributed by atoms with E-state index in [1.807, 2.05) is 14.1 Å². The molecule has 0 aliphatic carbocycles. The zero-order valence-corrected chi connectivity index (χ0v) is 10.8. The van der Waals surface area contributed by atoms with Crippen LogP contribution in [0.4, 0.5) is 0 Å². The van der Waals surface area contributed by atoms with Crippen LogP contribution in [0.5, 0.6) is 0 Å². The summed E-state index contributed by atoms with van der Waals surface area (Å²) in [6, 6.07) is 8.70. The van der Waals surface area contributed by atoms with Crippen LogP contribution in [0, 0.1) is 0 Å². The minimum Gasteiger partial charge on any atom is -0.349 e. The van der Waals surface area contributed by atoms with Gasteiger partial charge in [-0.15, -0.1) is 0 Å². The lowest BCUT2D eigenvalue weighted by Crippen LogP contribution is -2.35. The molecule has 0 radical (unpaired) electrons. The molecular weight excluding hydrogens is 212 g/mol. The Morgan fingerprint density at radius 3 is 2.82 bits per heavy atom. The van der Waals surface area contributed by atoms with Gasteiger partial charge in [-0.1, -0.05) is 24.3 Å². The number of fused-ring (bicyclic) bond motifs is 1. The second-order valence-electron chi connectivity index (χ2n) is 4.94. The first-order valence-corrected chi connectivity index (χ1v) is 6.08. The van der Waals surface area contributed by atoms with E-state index < -0.39 is 0 Å². The van der Waals surface area contributed by atoms with E-state index in [1.165, 1.54) is 11.1 Å². The number of rotatable bonds is 2. The van der Waals surface area contributed by atoms with Crippen LogP contribution in [0.3, 0.4) is 0 Å². The molecule has 1 unspecified atom stereocenters. The average Bonchev–Trinajstić information content (AvgIpc) is 2.32. The van der Waals surface area contributed by atoms with Crippen LogP contribution in [0.1, 0.15) is 23.6 Å². The van der Waals surface area contributed by atoms with Gasteiger partial charge in [-0.05, 0) is 24.6 Å². The van der Waals surface area contributed by atoms with Gasteiger partial charge in [0.25, 0.3) is 0 Å². The monoisotopic (exact) mass is 232 g/mol. The van der Waals surface area contributed by atoms with E-state index in [0.717, 1.165) is 13.0 Å². The number of carbonyl (C=O) groups excluding carboxylic acids is 1. The lowest BCUT2D eigenvalue weighted by atomic mass is 9.91. The third kappa shape index (κ3) is 2.50. The Labute approximate surface area is 103 Å². The third-order valence-corrected chi connectivity index (χ3v) is 3.55. The van der Waals surface area contributed by atoms with E-state index in [0.29, 0.717) is 6.42 Å². The predicted octanol–water partition coefficient (Wildman–Crippen LogP) is 1.69. The molecule has 1 heterocycles. The summed E-state index contributed by atoms with van der Waals surface area (Å²) in [6.45, 7) is 1.03. The molecule has 0 saturated heterocycles. The molecule has 2 rings (SSSR count). The first kappa shape index (κ1) is 12.1. The van der Waals surface area contributed by atoms with Crippen molar-refractivity contribution in [3.63, 3.8) is 0 Å². The maximum absolute atomic E-state index is 11.9. The minimum absolute atomic E-state index is 0.193. The fourth-order valence-electron chi connectivity index (χ4n) is 2.39. The molecule has 1 aliphatic heterocycles. The summed E-state index contributed by atoms with van der Waals surface area (Å²) < 4.78 is 0. The SMILES string of the molecule is CN(C)C(=O)CC1c2ccccc2CCN1C. The van der Waals surface area contributed by atoms with Crippen LogP contribution in [-0.2, 0) is 11.2 Å². The minimum atomic E-state index is 0.193. The summed E-state index contributed by atoms with van der Waals surface area (Å²) in [5, 5.41) is 0. The molecule has 0 bridgehead atoms. The fourth-order valence-corrected chi connectivity index (χ4v) is 2.39. The van der Waals surface area contributed by atoms with E-state index in [2.05, 4.69) is 36.2 Å². The topological polar surface area (TPSA) is 23.6 Å². The molecule has 92 valence electrons. The van der Waals surface area contributed by atoms with Crippen molar-refractivity contribution in [2.24, 2.45) is 0 Å². The second kappa shape index (κ2) is 4.88. The summed E-state index contributed by atoms with van der Waals surface area (Å²) in [6.07, 6.45) is 1.65. The standard InChI is InChI=1S/C14H20N2O/c1-15(2)14(17)10-13-12-7-5-4-6-11(12)8-9-16(13)3/h4-7,13H,8-10H2,1-3H3. The Hall–Kier alpha value is -1.35. The highest BCUT2D eigenvalue weighted by Gasteiger charge is 2.26. The van der Waals surface area contributed by atoms with Crippen LogP contribution >= 0.6 is 0 Å². The van der Waals surface area contributed by atoms with Gasteiger partial charge in [-0.2, -0.15) is 0 Å². The fraction of sp³-hybridized carbons (Fsp3) is 0.500. The van der Waals surface area contributed by atoms with Gasteiger partial charge in [0.2, 0.25) is 5.91 Å². The molecule has 1 amide bonds. The molecule has 3 heteroatoms. The molecule has 0 fully saturated rings. The molecule has 1 aromatic carbocycles. The largest absolute Gasteiger partial charge is 0.349 e. The lowest BCUT2D eigenvalue weighted by molar-refractivity contribution is -0.130. The summed E-state index contributed by atoms with van der Waals surface area (Å²) in [5.41, 5.74) is 2.71. The molecule has 0 aromatic heterocycles. The molecule has 1 aromatic rings. The number of hydrogen-bond acceptors (Lipinski definition) is 2. The average molecular weight is 232 g/mol. The first-order chi connectivity index (χ1) is 8.09. The Kier molecular flexibility index (Phi) is 3.48. The van der Waals surface area contributed by atoms with Gasteiger partial charge >= 0.3 is 0 Å². The number of nitrogens with zero attached hydrogens (tertiary/aromatic N) is 2. The summed E-state index contributed by atoms with van der Waals surface area (Å²) in [7, 11) is 5.73. The van der Waals surface area contributed by atoms with Gasteiger partial charge in [-0.3, -0.25) is 9.69 Å². The third-order valence-electron chi connectivity index (χ3n) is 3.55. The zero-order chi connectivity index (χ0) is 12.4. The molecule has 0 saturated carbocycles. The van der Waals surface area contributed by atoms with E-state index >= 15 is 0 Å². The number of amides is 1. The van der Waals surface area contributed by atoms with Crippen molar-refractivity contribution in [3.8, 4) is 0 Å². The molecule has 1 atom stereocenters. The maximum atomic E-state index is 11.9. The Morgan fingerprint density at radius 1 is 1.41 bits per heavy atom. The first-order valence-electron chi connectivity index (χ1n) is 6.08. The summed E-state index contributed by atoms with van der Waals surface area (Å²) in [4.78, 5) is 15.8. The molecule has 3 nitrogen and oxygen atoms in total. The smallest absolute Gasteiger partial charge is 0.223 e. The van der Waals surface area contributed by atoms with E-state index in [4.69, 9.17) is 0 Å². The Morgan fingerprint density at radius 2 is 2.12 bits per heavy atom. The van der Waals surface area contributed by atoms with Crippen molar-refractivity contribution in [2.75, 3.05) is 27.7 Å². The second-order valence-corrected chi connectivity index (χ2v) is 4.94. The van der Waals surface area contributed by atoms with Crippen LogP contribution in [0.2, 0.25) is 0 Å². The Balaban J connectivity index is 2.24. The van der Waals surface area contributed by atoms with E-state index in [-0.39, 0.29) is 11.9 Å². The number of likely N-dealkylation sites (N-methyl/N-ethyl adjacent to an activating group) is 1. The normalized spacial score (nSPS) is 19.8. The van der Waals surface area contributed by atoms with E-state index in [1.54, 1.807) is 4.90 Å². The van der Waals surface area contributed by atoms with Crippen molar-refractivity contribution in [3.05, 3.63) is 35.4 Å². The number of carbonyl (C=O) groups is 1. The summed E-state index contributed by atoms with van der Waals surface area (Å²) >= 11 is 0. The van der Waals surface area contributed by atoms with Crippen LogP contribution in [-0.4, -0.2) is 43.4 Å². The van der Waals surface area contributed by atoms with Crippen LogP contribution in [0.25, 0.3) is 0 Å². The number of benzene rings is 1. The lowest BCUT2D eigenvalue weighted by Gasteiger charge is -2.34. The van der Waals surface area contributed by atoms with Crippen LogP contribution < -0.4 is 0 Å². The molecule has 0 N–H and O–H groups in total. The van der Waals surface area contributed by atoms with Gasteiger partial charge in [0.05, 0.1) is 0 Å². The highest BCUT2D eigenvalue weighted by molar-refractivity contribution is 5.76. The summed E-state index contributed by atoms with van der Waals surface area (Å²) in [5.74, 6) is 0.193. The van der Waals surface area contributed by atoms with Crippen molar-refractivity contribution in [1.82, 2.24) is 9.80 Å². The van der Waals surface area contributed by atoms with Crippen molar-refractivity contribution in [2.45, 2.75) is 18.9 Å². The highest BCUT2D eigenvalue weighted by Crippen LogP contribution is 2.31. The van der Waals surface area contributed by atoms with Gasteiger partial charge < -0.3 is 4.90 Å². The van der Waals surface area contributed by atoms with E-state index in [9.17, 15) is 4.79 Å². The highest BCUT2D eigenvalue weighted by atomic mass is 16.2. The Bertz CT molecular complexity index is 414.